The van der Waals surface area contributed by atoms with Crippen molar-refractivity contribution in [3.05, 3.63) is 24.0 Å². The van der Waals surface area contributed by atoms with E-state index in [2.05, 4.69) is 30.2 Å². The lowest BCUT2D eigenvalue weighted by Crippen LogP contribution is -2.32. The van der Waals surface area contributed by atoms with Gasteiger partial charge in [0.05, 0.1) is 17.4 Å². The molecule has 1 fully saturated rings. The van der Waals surface area contributed by atoms with Gasteiger partial charge in [0.2, 0.25) is 0 Å². The van der Waals surface area contributed by atoms with Gasteiger partial charge in [-0.25, -0.2) is 0 Å². The molecule has 90 valence electrons. The van der Waals surface area contributed by atoms with E-state index in [-0.39, 0.29) is 0 Å². The highest BCUT2D eigenvalue weighted by atomic mass is 14.9. The van der Waals surface area contributed by atoms with E-state index in [1.54, 1.807) is 18.5 Å². The number of hydrogen-bond donors (Lipinski definition) is 1. The number of rotatable bonds is 2. The van der Waals surface area contributed by atoms with Crippen molar-refractivity contribution in [3.8, 4) is 6.07 Å². The zero-order valence-corrected chi connectivity index (χ0v) is 10.5. The minimum atomic E-state index is 0.408. The predicted molar refractivity (Wildman–Crippen MR) is 68.6 cm³/mol. The smallest absolute Gasteiger partial charge is 0.101 e. The second-order valence-electron chi connectivity index (χ2n) is 5.63. The zero-order valence-electron chi connectivity index (χ0n) is 10.5. The van der Waals surface area contributed by atoms with Gasteiger partial charge in [-0.1, -0.05) is 20.3 Å². The van der Waals surface area contributed by atoms with Crippen molar-refractivity contribution in [1.82, 2.24) is 4.98 Å². The molecule has 0 amide bonds. The first-order valence-corrected chi connectivity index (χ1v) is 6.21. The molecule has 1 unspecified atom stereocenters. The maximum Gasteiger partial charge on any atom is 0.101 e. The van der Waals surface area contributed by atoms with E-state index in [1.807, 2.05) is 0 Å². The summed E-state index contributed by atoms with van der Waals surface area (Å²) in [6.07, 6.45) is 8.31. The molecule has 0 saturated heterocycles. The molecule has 1 aromatic heterocycles. The van der Waals surface area contributed by atoms with Gasteiger partial charge in [-0.15, -0.1) is 0 Å². The summed E-state index contributed by atoms with van der Waals surface area (Å²) in [4.78, 5) is 4.08. The summed E-state index contributed by atoms with van der Waals surface area (Å²) in [6.45, 7) is 4.63. The van der Waals surface area contributed by atoms with E-state index < -0.39 is 0 Å². The summed E-state index contributed by atoms with van der Waals surface area (Å²) in [5.74, 6) is 0. The Morgan fingerprint density at radius 3 is 3.06 bits per heavy atom. The third-order valence-electron chi connectivity index (χ3n) is 3.51. The highest BCUT2D eigenvalue weighted by Crippen LogP contribution is 2.36. The number of anilines is 1. The van der Waals surface area contributed by atoms with Gasteiger partial charge in [-0.2, -0.15) is 5.26 Å². The van der Waals surface area contributed by atoms with Crippen molar-refractivity contribution < 1.29 is 0 Å². The van der Waals surface area contributed by atoms with E-state index in [0.29, 0.717) is 17.0 Å². The lowest BCUT2D eigenvalue weighted by Gasteiger charge is -2.36. The molecule has 0 radical (unpaired) electrons. The quantitative estimate of drug-likeness (QED) is 0.846. The number of nitrogens with zero attached hydrogens (tertiary/aromatic N) is 2. The Kier molecular flexibility index (Phi) is 3.33. The van der Waals surface area contributed by atoms with Crippen LogP contribution < -0.4 is 5.32 Å². The fourth-order valence-corrected chi connectivity index (χ4v) is 2.65. The first kappa shape index (κ1) is 11.9. The van der Waals surface area contributed by atoms with Crippen LogP contribution in [0.25, 0.3) is 0 Å². The number of hydrogen-bond acceptors (Lipinski definition) is 3. The lowest BCUT2D eigenvalue weighted by atomic mass is 9.75. The molecule has 1 aliphatic rings. The van der Waals surface area contributed by atoms with Crippen LogP contribution >= 0.6 is 0 Å². The molecule has 0 aromatic carbocycles. The SMILES string of the molecule is CC1(C)CCCC(Nc2cnccc2C#N)C1. The topological polar surface area (TPSA) is 48.7 Å². The molecule has 1 atom stereocenters. The summed E-state index contributed by atoms with van der Waals surface area (Å²) < 4.78 is 0. The molecule has 1 heterocycles. The van der Waals surface area contributed by atoms with Crippen molar-refractivity contribution in [2.45, 2.75) is 45.6 Å². The number of aromatic nitrogens is 1. The fraction of sp³-hybridized carbons (Fsp3) is 0.571. The molecule has 1 N–H and O–H groups in total. The van der Waals surface area contributed by atoms with Crippen LogP contribution in [0.5, 0.6) is 0 Å². The molecule has 17 heavy (non-hydrogen) atoms. The minimum Gasteiger partial charge on any atom is -0.380 e. The van der Waals surface area contributed by atoms with Gasteiger partial charge < -0.3 is 5.32 Å². The van der Waals surface area contributed by atoms with Crippen LogP contribution in [0.4, 0.5) is 5.69 Å². The Bertz CT molecular complexity index is 431. The van der Waals surface area contributed by atoms with Crippen LogP contribution in [0, 0.1) is 16.7 Å². The second-order valence-corrected chi connectivity index (χ2v) is 5.63. The Morgan fingerprint density at radius 1 is 1.53 bits per heavy atom. The molecule has 0 spiro atoms. The molecule has 1 aromatic rings. The lowest BCUT2D eigenvalue weighted by molar-refractivity contribution is 0.229. The van der Waals surface area contributed by atoms with Gasteiger partial charge in [0, 0.05) is 12.2 Å². The molecular formula is C14H19N3. The van der Waals surface area contributed by atoms with Crippen LogP contribution in [0.15, 0.2) is 18.5 Å². The van der Waals surface area contributed by atoms with Crippen LogP contribution in [0.3, 0.4) is 0 Å². The minimum absolute atomic E-state index is 0.408. The molecule has 1 saturated carbocycles. The maximum absolute atomic E-state index is 9.03. The summed E-state index contributed by atoms with van der Waals surface area (Å²) >= 11 is 0. The van der Waals surface area contributed by atoms with E-state index in [1.165, 1.54) is 19.3 Å². The maximum atomic E-state index is 9.03. The van der Waals surface area contributed by atoms with Gasteiger partial charge in [0.15, 0.2) is 0 Å². The highest BCUT2D eigenvalue weighted by molar-refractivity contribution is 5.55. The Labute approximate surface area is 103 Å². The van der Waals surface area contributed by atoms with Crippen molar-refractivity contribution in [3.63, 3.8) is 0 Å². The van der Waals surface area contributed by atoms with Crippen LogP contribution in [0.2, 0.25) is 0 Å². The van der Waals surface area contributed by atoms with Gasteiger partial charge >= 0.3 is 0 Å². The predicted octanol–water partition coefficient (Wildman–Crippen LogP) is 3.33. The van der Waals surface area contributed by atoms with Crippen molar-refractivity contribution in [2.75, 3.05) is 5.32 Å². The second kappa shape index (κ2) is 4.75. The van der Waals surface area contributed by atoms with Crippen molar-refractivity contribution >= 4 is 5.69 Å². The Morgan fingerprint density at radius 2 is 2.35 bits per heavy atom. The van der Waals surface area contributed by atoms with Gasteiger partial charge in [0.1, 0.15) is 6.07 Å². The standard InChI is InChI=1S/C14H19N3/c1-14(2)6-3-4-12(8-14)17-13-10-16-7-5-11(13)9-15/h5,7,10,12,17H,3-4,6,8H2,1-2H3. The molecule has 0 bridgehead atoms. The molecular weight excluding hydrogens is 210 g/mol. The number of pyridine rings is 1. The number of nitrogens with one attached hydrogen (secondary N) is 1. The Balaban J connectivity index is 2.08. The summed E-state index contributed by atoms with van der Waals surface area (Å²) in [6, 6.07) is 4.43. The normalized spacial score (nSPS) is 22.8. The molecule has 3 nitrogen and oxygen atoms in total. The molecule has 2 rings (SSSR count). The van der Waals surface area contributed by atoms with Crippen LogP contribution in [-0.2, 0) is 0 Å². The van der Waals surface area contributed by atoms with Gasteiger partial charge in [-0.05, 0) is 30.7 Å². The first-order valence-electron chi connectivity index (χ1n) is 6.21. The van der Waals surface area contributed by atoms with E-state index in [0.717, 1.165) is 12.1 Å². The summed E-state index contributed by atoms with van der Waals surface area (Å²) in [5.41, 5.74) is 1.96. The largest absolute Gasteiger partial charge is 0.380 e. The van der Waals surface area contributed by atoms with E-state index in [4.69, 9.17) is 5.26 Å². The third-order valence-corrected chi connectivity index (χ3v) is 3.51. The van der Waals surface area contributed by atoms with Gasteiger partial charge in [0.25, 0.3) is 0 Å². The van der Waals surface area contributed by atoms with Gasteiger partial charge in [-0.3, -0.25) is 4.98 Å². The summed E-state index contributed by atoms with van der Waals surface area (Å²) in [5, 5.41) is 12.5. The first-order chi connectivity index (χ1) is 8.11. The van der Waals surface area contributed by atoms with E-state index >= 15 is 0 Å². The van der Waals surface area contributed by atoms with Crippen LogP contribution in [0.1, 0.15) is 45.1 Å². The van der Waals surface area contributed by atoms with Crippen molar-refractivity contribution in [1.29, 1.82) is 5.26 Å². The average molecular weight is 229 g/mol. The Hall–Kier alpha value is -1.56. The highest BCUT2D eigenvalue weighted by Gasteiger charge is 2.28. The number of nitriles is 1. The summed E-state index contributed by atoms with van der Waals surface area (Å²) in [7, 11) is 0. The third kappa shape index (κ3) is 2.97. The monoisotopic (exact) mass is 229 g/mol. The van der Waals surface area contributed by atoms with Crippen LogP contribution in [-0.4, -0.2) is 11.0 Å². The fourth-order valence-electron chi connectivity index (χ4n) is 2.65. The molecule has 0 aliphatic heterocycles. The molecule has 1 aliphatic carbocycles. The average Bonchev–Trinajstić information content (AvgIpc) is 2.28. The molecule has 3 heteroatoms. The van der Waals surface area contributed by atoms with E-state index in [9.17, 15) is 0 Å². The van der Waals surface area contributed by atoms with Crippen molar-refractivity contribution in [2.24, 2.45) is 5.41 Å². The zero-order chi connectivity index (χ0) is 12.3.